The molecule has 4 nitrogen and oxygen atoms in total. The molecule has 1 saturated carbocycles. The SMILES string of the molecule is CCc1cc(CC(O)c2ccc(C3CC3C)o2)n(C)n1. The first-order chi connectivity index (χ1) is 9.58. The Labute approximate surface area is 119 Å². The Morgan fingerprint density at radius 2 is 2.25 bits per heavy atom. The highest BCUT2D eigenvalue weighted by molar-refractivity contribution is 5.20. The van der Waals surface area contributed by atoms with Gasteiger partial charge < -0.3 is 9.52 Å². The number of furan rings is 1. The number of aryl methyl sites for hydroxylation is 2. The Bertz CT molecular complexity index is 599. The Balaban J connectivity index is 1.70. The van der Waals surface area contributed by atoms with Crippen LogP contribution in [0.1, 0.15) is 55.2 Å². The topological polar surface area (TPSA) is 51.2 Å². The van der Waals surface area contributed by atoms with Gasteiger partial charge >= 0.3 is 0 Å². The van der Waals surface area contributed by atoms with E-state index in [2.05, 4.69) is 25.0 Å². The number of aliphatic hydroxyl groups is 1. The van der Waals surface area contributed by atoms with Crippen LogP contribution in [0.5, 0.6) is 0 Å². The van der Waals surface area contributed by atoms with E-state index in [1.54, 1.807) is 0 Å². The van der Waals surface area contributed by atoms with Gasteiger partial charge in [0, 0.05) is 25.1 Å². The van der Waals surface area contributed by atoms with E-state index in [1.165, 1.54) is 6.42 Å². The quantitative estimate of drug-likeness (QED) is 0.912. The van der Waals surface area contributed by atoms with Crippen molar-refractivity contribution in [1.82, 2.24) is 9.78 Å². The minimum absolute atomic E-state index is 0.538. The van der Waals surface area contributed by atoms with Gasteiger partial charge in [-0.2, -0.15) is 5.10 Å². The molecule has 0 aromatic carbocycles. The normalized spacial score (nSPS) is 23.0. The van der Waals surface area contributed by atoms with Gasteiger partial charge in [0.1, 0.15) is 17.6 Å². The minimum atomic E-state index is -0.599. The van der Waals surface area contributed by atoms with Crippen LogP contribution in [-0.2, 0) is 19.9 Å². The lowest BCUT2D eigenvalue weighted by Crippen LogP contribution is -2.05. The molecule has 1 fully saturated rings. The Morgan fingerprint density at radius 1 is 1.50 bits per heavy atom. The van der Waals surface area contributed by atoms with Gasteiger partial charge in [-0.1, -0.05) is 13.8 Å². The third-order valence-corrected chi connectivity index (χ3v) is 4.24. The molecule has 3 atom stereocenters. The van der Waals surface area contributed by atoms with Gasteiger partial charge in [0.25, 0.3) is 0 Å². The first kappa shape index (κ1) is 13.4. The van der Waals surface area contributed by atoms with E-state index < -0.39 is 6.10 Å². The van der Waals surface area contributed by atoms with Gasteiger partial charge in [0.05, 0.1) is 5.69 Å². The van der Waals surface area contributed by atoms with Crippen LogP contribution in [0.3, 0.4) is 0 Å². The second-order valence-corrected chi connectivity index (χ2v) is 5.88. The summed E-state index contributed by atoms with van der Waals surface area (Å²) in [5, 5.41) is 14.7. The lowest BCUT2D eigenvalue weighted by atomic mass is 10.1. The Hall–Kier alpha value is -1.55. The molecule has 1 N–H and O–H groups in total. The average Bonchev–Trinajstić information content (AvgIpc) is 2.86. The maximum atomic E-state index is 10.3. The molecule has 20 heavy (non-hydrogen) atoms. The second-order valence-electron chi connectivity index (χ2n) is 5.88. The summed E-state index contributed by atoms with van der Waals surface area (Å²) in [4.78, 5) is 0. The molecule has 4 heteroatoms. The van der Waals surface area contributed by atoms with Gasteiger partial charge in [-0.05, 0) is 37.0 Å². The summed E-state index contributed by atoms with van der Waals surface area (Å²) in [6, 6.07) is 5.96. The fourth-order valence-corrected chi connectivity index (χ4v) is 2.70. The first-order valence-corrected chi connectivity index (χ1v) is 7.38. The largest absolute Gasteiger partial charge is 0.463 e. The van der Waals surface area contributed by atoms with Crippen LogP contribution in [-0.4, -0.2) is 14.9 Å². The number of rotatable bonds is 5. The molecule has 108 valence electrons. The molecule has 2 heterocycles. The Morgan fingerprint density at radius 3 is 2.85 bits per heavy atom. The van der Waals surface area contributed by atoms with Gasteiger partial charge in [-0.25, -0.2) is 0 Å². The van der Waals surface area contributed by atoms with Crippen LogP contribution < -0.4 is 0 Å². The maximum absolute atomic E-state index is 10.3. The lowest BCUT2D eigenvalue weighted by Gasteiger charge is -2.07. The summed E-state index contributed by atoms with van der Waals surface area (Å²) >= 11 is 0. The van der Waals surface area contributed by atoms with Crippen molar-refractivity contribution in [2.45, 2.75) is 45.1 Å². The molecule has 2 aromatic rings. The third kappa shape index (κ3) is 2.52. The van der Waals surface area contributed by atoms with Crippen LogP contribution in [0.25, 0.3) is 0 Å². The monoisotopic (exact) mass is 274 g/mol. The summed E-state index contributed by atoms with van der Waals surface area (Å²) in [6.07, 6.45) is 2.05. The van der Waals surface area contributed by atoms with Crippen LogP contribution >= 0.6 is 0 Å². The minimum Gasteiger partial charge on any atom is -0.463 e. The maximum Gasteiger partial charge on any atom is 0.133 e. The summed E-state index contributed by atoms with van der Waals surface area (Å²) in [6.45, 7) is 4.31. The zero-order valence-corrected chi connectivity index (χ0v) is 12.3. The fraction of sp³-hybridized carbons (Fsp3) is 0.562. The molecule has 0 radical (unpaired) electrons. The molecular weight excluding hydrogens is 252 g/mol. The smallest absolute Gasteiger partial charge is 0.133 e. The van der Waals surface area contributed by atoms with E-state index in [9.17, 15) is 5.11 Å². The third-order valence-electron chi connectivity index (χ3n) is 4.24. The fourth-order valence-electron chi connectivity index (χ4n) is 2.70. The second kappa shape index (κ2) is 5.09. The van der Waals surface area contributed by atoms with Crippen molar-refractivity contribution in [2.24, 2.45) is 13.0 Å². The molecule has 3 unspecified atom stereocenters. The highest BCUT2D eigenvalue weighted by Crippen LogP contribution is 2.47. The van der Waals surface area contributed by atoms with E-state index >= 15 is 0 Å². The van der Waals surface area contributed by atoms with Crippen LogP contribution in [0, 0.1) is 5.92 Å². The lowest BCUT2D eigenvalue weighted by molar-refractivity contribution is 0.146. The molecular formula is C16H22N2O2. The molecule has 3 rings (SSSR count). The number of aromatic nitrogens is 2. The first-order valence-electron chi connectivity index (χ1n) is 7.38. The molecule has 2 aromatic heterocycles. The number of aliphatic hydroxyl groups excluding tert-OH is 1. The van der Waals surface area contributed by atoms with Crippen molar-refractivity contribution in [3.63, 3.8) is 0 Å². The summed E-state index contributed by atoms with van der Waals surface area (Å²) in [5.74, 6) is 2.96. The molecule has 0 amide bonds. The van der Waals surface area contributed by atoms with Crippen molar-refractivity contribution in [3.05, 3.63) is 41.1 Å². The van der Waals surface area contributed by atoms with E-state index in [0.29, 0.717) is 18.1 Å². The number of hydrogen-bond donors (Lipinski definition) is 1. The highest BCUT2D eigenvalue weighted by Gasteiger charge is 2.36. The van der Waals surface area contributed by atoms with Crippen molar-refractivity contribution in [3.8, 4) is 0 Å². The summed E-state index contributed by atoms with van der Waals surface area (Å²) < 4.78 is 7.65. The van der Waals surface area contributed by atoms with Crippen LogP contribution in [0.2, 0.25) is 0 Å². The predicted molar refractivity (Wildman–Crippen MR) is 76.5 cm³/mol. The summed E-state index contributed by atoms with van der Waals surface area (Å²) in [7, 11) is 1.92. The van der Waals surface area contributed by atoms with E-state index in [4.69, 9.17) is 4.42 Å². The predicted octanol–water partition coefficient (Wildman–Crippen LogP) is 2.98. The molecule has 1 aliphatic carbocycles. The zero-order valence-electron chi connectivity index (χ0n) is 12.3. The molecule has 0 aliphatic heterocycles. The van der Waals surface area contributed by atoms with Crippen molar-refractivity contribution in [1.29, 1.82) is 0 Å². The van der Waals surface area contributed by atoms with E-state index in [1.807, 2.05) is 23.9 Å². The number of nitrogens with zero attached hydrogens (tertiary/aromatic N) is 2. The molecule has 0 saturated heterocycles. The van der Waals surface area contributed by atoms with Crippen LogP contribution in [0.4, 0.5) is 0 Å². The molecule has 0 spiro atoms. The molecule has 1 aliphatic rings. The Kier molecular flexibility index (Phi) is 3.42. The molecule has 0 bridgehead atoms. The average molecular weight is 274 g/mol. The van der Waals surface area contributed by atoms with Gasteiger partial charge in [-0.15, -0.1) is 0 Å². The van der Waals surface area contributed by atoms with Crippen molar-refractivity contribution < 1.29 is 9.52 Å². The van der Waals surface area contributed by atoms with Gasteiger partial charge in [0.15, 0.2) is 0 Å². The van der Waals surface area contributed by atoms with Crippen molar-refractivity contribution >= 4 is 0 Å². The summed E-state index contributed by atoms with van der Waals surface area (Å²) in [5.41, 5.74) is 2.09. The van der Waals surface area contributed by atoms with E-state index in [-0.39, 0.29) is 0 Å². The number of hydrogen-bond acceptors (Lipinski definition) is 3. The van der Waals surface area contributed by atoms with E-state index in [0.717, 1.165) is 29.5 Å². The van der Waals surface area contributed by atoms with Gasteiger partial charge in [0.2, 0.25) is 0 Å². The van der Waals surface area contributed by atoms with Crippen molar-refractivity contribution in [2.75, 3.05) is 0 Å². The van der Waals surface area contributed by atoms with Gasteiger partial charge in [-0.3, -0.25) is 4.68 Å². The standard InChI is InChI=1S/C16H22N2O2/c1-4-11-8-12(18(3)17-11)9-14(19)16-6-5-15(20-16)13-7-10(13)2/h5-6,8,10,13-14,19H,4,7,9H2,1-3H3. The van der Waals surface area contributed by atoms with Crippen LogP contribution in [0.15, 0.2) is 22.6 Å². The zero-order chi connectivity index (χ0) is 14.3. The highest BCUT2D eigenvalue weighted by atomic mass is 16.4.